The van der Waals surface area contributed by atoms with Crippen LogP contribution in [0.4, 0.5) is 0 Å². The number of aliphatic carboxylic acids is 1. The van der Waals surface area contributed by atoms with Crippen molar-refractivity contribution >= 4 is 29.2 Å². The summed E-state index contributed by atoms with van der Waals surface area (Å²) in [6.07, 6.45) is 2.48. The van der Waals surface area contributed by atoms with Crippen molar-refractivity contribution < 1.29 is 14.6 Å². The largest absolute Gasteiger partial charge is 0.493 e. The molecule has 0 amide bonds. The predicted octanol–water partition coefficient (Wildman–Crippen LogP) is 5.37. The number of hydrogen-bond donors (Lipinski definition) is 1. The van der Waals surface area contributed by atoms with Crippen molar-refractivity contribution in [2.75, 3.05) is 6.61 Å². The molecule has 3 nitrogen and oxygen atoms in total. The maximum absolute atomic E-state index is 11.8. The number of carboxylic acid groups (broad SMARTS) is 1. The smallest absolute Gasteiger partial charge is 0.336 e. The molecule has 0 aliphatic carbocycles. The van der Waals surface area contributed by atoms with Crippen LogP contribution in [0, 0.1) is 13.8 Å². The van der Waals surface area contributed by atoms with Crippen molar-refractivity contribution in [2.45, 2.75) is 27.2 Å². The van der Waals surface area contributed by atoms with Gasteiger partial charge in [0.05, 0.1) is 12.2 Å². The zero-order valence-electron chi connectivity index (χ0n) is 14.1. The lowest BCUT2D eigenvalue weighted by molar-refractivity contribution is -0.130. The predicted molar refractivity (Wildman–Crippen MR) is 98.7 cm³/mol. The van der Waals surface area contributed by atoms with Gasteiger partial charge in [-0.1, -0.05) is 36.7 Å². The Morgan fingerprint density at radius 1 is 1.17 bits per heavy atom. The molecule has 24 heavy (non-hydrogen) atoms. The third-order valence-electron chi connectivity index (χ3n) is 3.78. The van der Waals surface area contributed by atoms with Gasteiger partial charge in [0, 0.05) is 10.6 Å². The molecule has 0 saturated heterocycles. The number of aryl methyl sites for hydroxylation is 2. The lowest BCUT2D eigenvalue weighted by atomic mass is 9.98. The molecule has 0 spiro atoms. The third kappa shape index (κ3) is 4.39. The third-order valence-corrected chi connectivity index (χ3v) is 4.02. The number of carboxylic acids is 1. The van der Waals surface area contributed by atoms with Crippen LogP contribution >= 0.6 is 11.6 Å². The summed E-state index contributed by atoms with van der Waals surface area (Å²) in [6, 6.07) is 10.8. The first-order valence-corrected chi connectivity index (χ1v) is 8.25. The van der Waals surface area contributed by atoms with Crippen LogP contribution in [0.15, 0.2) is 36.4 Å². The molecule has 1 N–H and O–H groups in total. The van der Waals surface area contributed by atoms with E-state index in [1.165, 1.54) is 0 Å². The van der Waals surface area contributed by atoms with Gasteiger partial charge in [0.1, 0.15) is 5.75 Å². The van der Waals surface area contributed by atoms with Crippen LogP contribution in [0.3, 0.4) is 0 Å². The monoisotopic (exact) mass is 344 g/mol. The Morgan fingerprint density at radius 3 is 2.54 bits per heavy atom. The van der Waals surface area contributed by atoms with E-state index in [9.17, 15) is 9.90 Å². The van der Waals surface area contributed by atoms with E-state index in [-0.39, 0.29) is 5.57 Å². The van der Waals surface area contributed by atoms with Crippen molar-refractivity contribution in [1.82, 2.24) is 0 Å². The Morgan fingerprint density at radius 2 is 1.92 bits per heavy atom. The number of halogens is 1. The molecule has 0 aromatic heterocycles. The average Bonchev–Trinajstić information content (AvgIpc) is 2.54. The fraction of sp³-hybridized carbons (Fsp3) is 0.250. The minimum absolute atomic E-state index is 0.210. The number of ether oxygens (including phenoxy) is 1. The molecule has 126 valence electrons. The summed E-state index contributed by atoms with van der Waals surface area (Å²) in [5.41, 5.74) is 3.70. The molecule has 2 rings (SSSR count). The van der Waals surface area contributed by atoms with Gasteiger partial charge in [0.2, 0.25) is 0 Å². The maximum atomic E-state index is 11.8. The summed E-state index contributed by atoms with van der Waals surface area (Å²) in [5.74, 6) is -0.358. The fourth-order valence-corrected chi connectivity index (χ4v) is 2.49. The number of benzene rings is 2. The van der Waals surface area contributed by atoms with E-state index in [1.807, 2.05) is 39.0 Å². The summed E-state index contributed by atoms with van der Waals surface area (Å²) in [6.45, 7) is 6.54. The number of carbonyl (C=O) groups is 1. The van der Waals surface area contributed by atoms with Gasteiger partial charge in [0.25, 0.3) is 0 Å². The second kappa shape index (κ2) is 8.02. The van der Waals surface area contributed by atoms with Crippen molar-refractivity contribution in [2.24, 2.45) is 0 Å². The zero-order chi connectivity index (χ0) is 17.7. The Bertz CT molecular complexity index is 778. The van der Waals surface area contributed by atoms with Gasteiger partial charge in [-0.2, -0.15) is 0 Å². The van der Waals surface area contributed by atoms with Gasteiger partial charge < -0.3 is 9.84 Å². The quantitative estimate of drug-likeness (QED) is 0.566. The first-order valence-electron chi connectivity index (χ1n) is 7.87. The molecule has 0 radical (unpaired) electrons. The summed E-state index contributed by atoms with van der Waals surface area (Å²) < 4.78 is 5.70. The second-order valence-corrected chi connectivity index (χ2v) is 6.13. The Balaban J connectivity index is 2.53. The maximum Gasteiger partial charge on any atom is 0.336 e. The summed E-state index contributed by atoms with van der Waals surface area (Å²) in [7, 11) is 0. The lowest BCUT2D eigenvalue weighted by Gasteiger charge is -2.11. The molecule has 0 saturated carbocycles. The molecular weight excluding hydrogens is 324 g/mol. The van der Waals surface area contributed by atoms with Gasteiger partial charge in [0.15, 0.2) is 0 Å². The molecular formula is C20H21ClO3. The van der Waals surface area contributed by atoms with E-state index in [1.54, 1.807) is 24.3 Å². The van der Waals surface area contributed by atoms with Crippen LogP contribution in [-0.2, 0) is 4.79 Å². The van der Waals surface area contributed by atoms with E-state index in [0.717, 1.165) is 17.5 Å². The molecule has 2 aromatic rings. The van der Waals surface area contributed by atoms with Gasteiger partial charge >= 0.3 is 5.97 Å². The molecule has 0 aliphatic heterocycles. The zero-order valence-corrected chi connectivity index (χ0v) is 14.9. The molecule has 0 unspecified atom stereocenters. The van der Waals surface area contributed by atoms with Crippen LogP contribution in [0.2, 0.25) is 5.02 Å². The van der Waals surface area contributed by atoms with Gasteiger partial charge in [-0.3, -0.25) is 0 Å². The van der Waals surface area contributed by atoms with Gasteiger partial charge in [-0.25, -0.2) is 4.79 Å². The second-order valence-electron chi connectivity index (χ2n) is 5.69. The fourth-order valence-electron chi connectivity index (χ4n) is 2.31. The van der Waals surface area contributed by atoms with Crippen molar-refractivity contribution in [1.29, 1.82) is 0 Å². The molecule has 0 aliphatic rings. The van der Waals surface area contributed by atoms with E-state index in [0.29, 0.717) is 28.5 Å². The summed E-state index contributed by atoms with van der Waals surface area (Å²) >= 11 is 6.07. The standard InChI is InChI=1S/C20H21ClO3/c1-4-9-24-19-8-7-17(21)11-16(19)12-18(20(22)23)15-6-5-13(2)14(3)10-15/h5-8,10-12H,4,9H2,1-3H3,(H,22,23)/b18-12-. The van der Waals surface area contributed by atoms with Crippen molar-refractivity contribution in [3.63, 3.8) is 0 Å². The first kappa shape index (κ1) is 18.1. The molecule has 0 bridgehead atoms. The Hall–Kier alpha value is -2.26. The van der Waals surface area contributed by atoms with Crippen molar-refractivity contribution in [3.05, 3.63) is 63.7 Å². The van der Waals surface area contributed by atoms with E-state index in [2.05, 4.69) is 0 Å². The van der Waals surface area contributed by atoms with E-state index in [4.69, 9.17) is 16.3 Å². The van der Waals surface area contributed by atoms with Crippen molar-refractivity contribution in [3.8, 4) is 5.75 Å². The van der Waals surface area contributed by atoms with E-state index >= 15 is 0 Å². The molecule has 0 fully saturated rings. The highest BCUT2D eigenvalue weighted by Gasteiger charge is 2.13. The Kier molecular flexibility index (Phi) is 6.04. The van der Waals surface area contributed by atoms with Gasteiger partial charge in [-0.05, 0) is 61.2 Å². The molecule has 2 aromatic carbocycles. The molecule has 4 heteroatoms. The summed E-state index contributed by atoms with van der Waals surface area (Å²) in [5, 5.41) is 10.2. The minimum atomic E-state index is -0.986. The topological polar surface area (TPSA) is 46.5 Å². The first-order chi connectivity index (χ1) is 11.4. The minimum Gasteiger partial charge on any atom is -0.493 e. The van der Waals surface area contributed by atoms with Crippen LogP contribution in [0.25, 0.3) is 11.6 Å². The summed E-state index contributed by atoms with van der Waals surface area (Å²) in [4.78, 5) is 11.8. The highest BCUT2D eigenvalue weighted by atomic mass is 35.5. The number of rotatable bonds is 6. The van der Waals surface area contributed by atoms with Crippen LogP contribution < -0.4 is 4.74 Å². The number of hydrogen-bond acceptors (Lipinski definition) is 2. The molecule has 0 heterocycles. The highest BCUT2D eigenvalue weighted by Crippen LogP contribution is 2.29. The van der Waals surface area contributed by atoms with Crippen LogP contribution in [0.1, 0.15) is 35.6 Å². The van der Waals surface area contributed by atoms with Crippen LogP contribution in [0.5, 0.6) is 5.75 Å². The highest BCUT2D eigenvalue weighted by molar-refractivity contribution is 6.31. The normalized spacial score (nSPS) is 11.4. The van der Waals surface area contributed by atoms with Gasteiger partial charge in [-0.15, -0.1) is 0 Å². The van der Waals surface area contributed by atoms with Crippen LogP contribution in [-0.4, -0.2) is 17.7 Å². The SMILES string of the molecule is CCCOc1ccc(Cl)cc1/C=C(\C(=O)O)c1ccc(C)c(C)c1. The average molecular weight is 345 g/mol. The Labute approximate surface area is 147 Å². The lowest BCUT2D eigenvalue weighted by Crippen LogP contribution is -2.02. The molecule has 0 atom stereocenters. The van der Waals surface area contributed by atoms with E-state index < -0.39 is 5.97 Å².